The Morgan fingerprint density at radius 1 is 1.03 bits per heavy atom. The van der Waals surface area contributed by atoms with Gasteiger partial charge in [0, 0.05) is 31.1 Å². The van der Waals surface area contributed by atoms with Gasteiger partial charge in [-0.05, 0) is 73.9 Å². The molecule has 0 radical (unpaired) electrons. The third-order valence-electron chi connectivity index (χ3n) is 6.65. The number of hydrogen-bond donors (Lipinski definition) is 0. The van der Waals surface area contributed by atoms with Crippen molar-refractivity contribution in [1.82, 2.24) is 9.55 Å². The van der Waals surface area contributed by atoms with Gasteiger partial charge >= 0.3 is 0 Å². The van der Waals surface area contributed by atoms with E-state index in [4.69, 9.17) is 9.72 Å². The topological polar surface area (TPSA) is 47.4 Å². The van der Waals surface area contributed by atoms with Crippen LogP contribution in [0.3, 0.4) is 0 Å². The number of carbonyl (C=O) groups is 1. The molecule has 34 heavy (non-hydrogen) atoms. The number of rotatable bonds is 7. The summed E-state index contributed by atoms with van der Waals surface area (Å²) in [5, 5.41) is 0. The zero-order valence-corrected chi connectivity index (χ0v) is 19.5. The fourth-order valence-electron chi connectivity index (χ4n) is 4.68. The quantitative estimate of drug-likeness (QED) is 0.331. The zero-order valence-electron chi connectivity index (χ0n) is 19.5. The predicted molar refractivity (Wildman–Crippen MR) is 132 cm³/mol. The van der Waals surface area contributed by atoms with E-state index >= 15 is 0 Å². The van der Waals surface area contributed by atoms with Crippen molar-refractivity contribution in [2.24, 2.45) is 0 Å². The van der Waals surface area contributed by atoms with E-state index in [1.807, 2.05) is 30.3 Å². The van der Waals surface area contributed by atoms with Crippen molar-refractivity contribution in [2.75, 3.05) is 18.1 Å². The van der Waals surface area contributed by atoms with Gasteiger partial charge in [-0.25, -0.2) is 9.37 Å². The Bertz CT molecular complexity index is 1330. The van der Waals surface area contributed by atoms with Crippen LogP contribution in [-0.4, -0.2) is 28.6 Å². The normalized spacial score (nSPS) is 15.9. The number of ether oxygens (including phenoxy) is 1. The molecule has 1 fully saturated rings. The molecule has 1 atom stereocenters. The number of fused-ring (bicyclic) bond motifs is 1. The number of carbonyl (C=O) groups excluding carboxylic acids is 1. The van der Waals surface area contributed by atoms with Crippen molar-refractivity contribution < 1.29 is 13.9 Å². The molecule has 6 heteroatoms. The standard InChI is InChI=1S/C28H28FN3O2/c1-19-7-5-10-26(20(19)2)34-16-6-15-31-25-9-4-3-8-24(25)30-28(31)21-17-27(33)32(18-21)23-13-11-22(29)12-14-23/h3-5,7-14,21H,6,15-18H2,1-2H3. The number of halogens is 1. The summed E-state index contributed by atoms with van der Waals surface area (Å²) in [7, 11) is 0. The van der Waals surface area contributed by atoms with E-state index in [1.54, 1.807) is 17.0 Å². The Morgan fingerprint density at radius 2 is 1.82 bits per heavy atom. The summed E-state index contributed by atoms with van der Waals surface area (Å²) in [6.07, 6.45) is 1.21. The molecule has 0 saturated carbocycles. The molecule has 1 aliphatic heterocycles. The highest BCUT2D eigenvalue weighted by molar-refractivity contribution is 5.96. The molecule has 1 aromatic heterocycles. The van der Waals surface area contributed by atoms with Gasteiger partial charge in [0.15, 0.2) is 0 Å². The fraction of sp³-hybridized carbons (Fsp3) is 0.286. The lowest BCUT2D eigenvalue weighted by molar-refractivity contribution is -0.117. The number of nitrogens with zero attached hydrogens (tertiary/aromatic N) is 3. The van der Waals surface area contributed by atoms with Crippen LogP contribution in [0.25, 0.3) is 11.0 Å². The maximum Gasteiger partial charge on any atom is 0.227 e. The van der Waals surface area contributed by atoms with E-state index < -0.39 is 0 Å². The molecule has 0 aliphatic carbocycles. The van der Waals surface area contributed by atoms with Crippen LogP contribution >= 0.6 is 0 Å². The molecule has 0 spiro atoms. The molecule has 0 N–H and O–H groups in total. The summed E-state index contributed by atoms with van der Waals surface area (Å²) in [6.45, 7) is 6.05. The van der Waals surface area contributed by atoms with Gasteiger partial charge in [0.05, 0.1) is 17.6 Å². The van der Waals surface area contributed by atoms with Crippen LogP contribution in [0.2, 0.25) is 0 Å². The number of aromatic nitrogens is 2. The molecule has 5 rings (SSSR count). The van der Waals surface area contributed by atoms with Crippen LogP contribution in [0.1, 0.15) is 35.7 Å². The molecule has 1 saturated heterocycles. The van der Waals surface area contributed by atoms with E-state index in [-0.39, 0.29) is 17.6 Å². The minimum Gasteiger partial charge on any atom is -0.493 e. The first-order valence-electron chi connectivity index (χ1n) is 11.7. The number of para-hydroxylation sites is 2. The molecule has 1 unspecified atom stereocenters. The molecule has 2 heterocycles. The van der Waals surface area contributed by atoms with Crippen LogP contribution < -0.4 is 9.64 Å². The first kappa shape index (κ1) is 22.1. The zero-order chi connectivity index (χ0) is 23.7. The molecular weight excluding hydrogens is 429 g/mol. The first-order chi connectivity index (χ1) is 16.5. The number of aryl methyl sites for hydroxylation is 2. The van der Waals surface area contributed by atoms with Gasteiger partial charge in [-0.2, -0.15) is 0 Å². The van der Waals surface area contributed by atoms with E-state index in [0.717, 1.165) is 41.3 Å². The second-order valence-corrected chi connectivity index (χ2v) is 8.89. The van der Waals surface area contributed by atoms with Gasteiger partial charge in [-0.1, -0.05) is 24.3 Å². The molecule has 4 aromatic rings. The van der Waals surface area contributed by atoms with Crippen molar-refractivity contribution in [2.45, 2.75) is 39.2 Å². The van der Waals surface area contributed by atoms with E-state index in [9.17, 15) is 9.18 Å². The summed E-state index contributed by atoms with van der Waals surface area (Å²) in [6, 6.07) is 20.3. The Morgan fingerprint density at radius 3 is 2.65 bits per heavy atom. The number of anilines is 1. The molecule has 0 bridgehead atoms. The second kappa shape index (κ2) is 9.29. The van der Waals surface area contributed by atoms with Crippen molar-refractivity contribution in [3.8, 4) is 5.75 Å². The number of hydrogen-bond acceptors (Lipinski definition) is 3. The third kappa shape index (κ3) is 4.28. The molecule has 5 nitrogen and oxygen atoms in total. The Labute approximate surface area is 198 Å². The summed E-state index contributed by atoms with van der Waals surface area (Å²) in [5.41, 5.74) is 5.11. The smallest absolute Gasteiger partial charge is 0.227 e. The minimum absolute atomic E-state index is 0.0233. The Hall–Kier alpha value is -3.67. The van der Waals surface area contributed by atoms with E-state index in [0.29, 0.717) is 19.6 Å². The van der Waals surface area contributed by atoms with Crippen LogP contribution in [0.4, 0.5) is 10.1 Å². The fourth-order valence-corrected chi connectivity index (χ4v) is 4.68. The monoisotopic (exact) mass is 457 g/mol. The molecule has 1 amide bonds. The molecule has 3 aromatic carbocycles. The largest absolute Gasteiger partial charge is 0.493 e. The van der Waals surface area contributed by atoms with Gasteiger partial charge < -0.3 is 14.2 Å². The number of amides is 1. The summed E-state index contributed by atoms with van der Waals surface area (Å²) >= 11 is 0. The van der Waals surface area contributed by atoms with Crippen LogP contribution in [0.15, 0.2) is 66.7 Å². The highest BCUT2D eigenvalue weighted by atomic mass is 19.1. The SMILES string of the molecule is Cc1cccc(OCCCn2c(C3CC(=O)N(c4ccc(F)cc4)C3)nc3ccccc32)c1C. The van der Waals surface area contributed by atoms with Gasteiger partial charge in [0.1, 0.15) is 17.4 Å². The minimum atomic E-state index is -0.309. The predicted octanol–water partition coefficient (Wildman–Crippen LogP) is 5.78. The first-order valence-corrected chi connectivity index (χ1v) is 11.7. The number of imidazole rings is 1. The lowest BCUT2D eigenvalue weighted by atomic mass is 10.1. The maximum atomic E-state index is 13.4. The van der Waals surface area contributed by atoms with Gasteiger partial charge in [-0.3, -0.25) is 4.79 Å². The highest BCUT2D eigenvalue weighted by Crippen LogP contribution is 2.33. The van der Waals surface area contributed by atoms with Crippen molar-refractivity contribution >= 4 is 22.6 Å². The van der Waals surface area contributed by atoms with E-state index in [1.165, 1.54) is 23.3 Å². The summed E-state index contributed by atoms with van der Waals surface area (Å²) in [4.78, 5) is 19.5. The average Bonchev–Trinajstić information content (AvgIpc) is 3.40. The van der Waals surface area contributed by atoms with E-state index in [2.05, 4.69) is 30.5 Å². The average molecular weight is 458 g/mol. The lowest BCUT2D eigenvalue weighted by Crippen LogP contribution is -2.24. The highest BCUT2D eigenvalue weighted by Gasteiger charge is 2.34. The summed E-state index contributed by atoms with van der Waals surface area (Å²) in [5.74, 6) is 1.55. The van der Waals surface area contributed by atoms with Gasteiger partial charge in [0.2, 0.25) is 5.91 Å². The second-order valence-electron chi connectivity index (χ2n) is 8.89. The number of benzene rings is 3. The Balaban J connectivity index is 1.34. The van der Waals surface area contributed by atoms with Crippen LogP contribution in [0, 0.1) is 19.7 Å². The van der Waals surface area contributed by atoms with Gasteiger partial charge in [-0.15, -0.1) is 0 Å². The third-order valence-corrected chi connectivity index (χ3v) is 6.65. The van der Waals surface area contributed by atoms with Crippen molar-refractivity contribution in [3.05, 3.63) is 89.5 Å². The molecular formula is C28H28FN3O2. The maximum absolute atomic E-state index is 13.4. The molecule has 174 valence electrons. The van der Waals surface area contributed by atoms with Crippen LogP contribution in [0.5, 0.6) is 5.75 Å². The Kier molecular flexibility index (Phi) is 6.05. The van der Waals surface area contributed by atoms with Gasteiger partial charge in [0.25, 0.3) is 0 Å². The molecule has 1 aliphatic rings. The lowest BCUT2D eigenvalue weighted by Gasteiger charge is -2.17. The van der Waals surface area contributed by atoms with Crippen molar-refractivity contribution in [1.29, 1.82) is 0 Å². The summed E-state index contributed by atoms with van der Waals surface area (Å²) < 4.78 is 21.7. The van der Waals surface area contributed by atoms with Crippen LogP contribution in [-0.2, 0) is 11.3 Å². The van der Waals surface area contributed by atoms with Crippen molar-refractivity contribution in [3.63, 3.8) is 0 Å².